The van der Waals surface area contributed by atoms with Gasteiger partial charge in [-0.3, -0.25) is 14.4 Å². The van der Waals surface area contributed by atoms with E-state index in [0.717, 1.165) is 89.9 Å². The average Bonchev–Trinajstić information content (AvgIpc) is 3.30. The molecule has 0 spiro atoms. The third kappa shape index (κ3) is 51.7. The molecular weight excluding hydrogens is 805 g/mol. The van der Waals surface area contributed by atoms with Crippen LogP contribution in [-0.4, -0.2) is 37.2 Å². The number of hydrogen-bond donors (Lipinski definition) is 0. The van der Waals surface area contributed by atoms with Gasteiger partial charge in [-0.15, -0.1) is 0 Å². The lowest BCUT2D eigenvalue weighted by atomic mass is 10.1. The zero-order valence-corrected chi connectivity index (χ0v) is 42.7. The molecule has 0 rings (SSSR count). The van der Waals surface area contributed by atoms with E-state index in [4.69, 9.17) is 14.2 Å². The van der Waals surface area contributed by atoms with E-state index in [1.807, 2.05) is 0 Å². The van der Waals surface area contributed by atoms with Crippen LogP contribution in [0.1, 0.15) is 265 Å². The highest BCUT2D eigenvalue weighted by atomic mass is 16.6. The van der Waals surface area contributed by atoms with Crippen LogP contribution in [0.5, 0.6) is 0 Å². The summed E-state index contributed by atoms with van der Waals surface area (Å²) in [5.74, 6) is -0.968. The molecule has 0 fully saturated rings. The molecular formula is C59H102O6. The SMILES string of the molecule is CC/C=C\C/C=C\C/C=C\CCCCC(=O)OCC(COC(=O)CCCCCCCCC/C=C\CCCCCCCCCC)OC(=O)CCCCC/C=C\C=C/CCCCCCCCC. The van der Waals surface area contributed by atoms with Gasteiger partial charge >= 0.3 is 17.9 Å². The van der Waals surface area contributed by atoms with Crippen molar-refractivity contribution >= 4 is 17.9 Å². The molecule has 0 heterocycles. The second-order valence-corrected chi connectivity index (χ2v) is 18.1. The largest absolute Gasteiger partial charge is 0.462 e. The minimum absolute atomic E-state index is 0.100. The maximum Gasteiger partial charge on any atom is 0.306 e. The van der Waals surface area contributed by atoms with Crippen molar-refractivity contribution in [2.75, 3.05) is 13.2 Å². The highest BCUT2D eigenvalue weighted by molar-refractivity contribution is 5.71. The monoisotopic (exact) mass is 907 g/mol. The van der Waals surface area contributed by atoms with Gasteiger partial charge in [-0.05, 0) is 103 Å². The molecule has 0 N–H and O–H groups in total. The molecule has 0 aromatic rings. The Labute approximate surface area is 402 Å². The summed E-state index contributed by atoms with van der Waals surface area (Å²) in [7, 11) is 0. The van der Waals surface area contributed by atoms with Crippen molar-refractivity contribution in [1.82, 2.24) is 0 Å². The molecule has 0 aliphatic heterocycles. The first-order chi connectivity index (χ1) is 32.0. The summed E-state index contributed by atoms with van der Waals surface area (Å²) in [4.78, 5) is 38.0. The van der Waals surface area contributed by atoms with E-state index in [9.17, 15) is 14.4 Å². The van der Waals surface area contributed by atoms with Crippen molar-refractivity contribution in [1.29, 1.82) is 0 Å². The molecule has 0 amide bonds. The van der Waals surface area contributed by atoms with Gasteiger partial charge in [0.15, 0.2) is 6.10 Å². The standard InChI is InChI=1S/C59H102O6/c1-4-7-10-13-16-19-22-25-27-29-30-31-33-34-37-40-43-46-49-52-58(61)64-55-56(54-63-57(60)51-48-45-42-39-36-24-21-18-15-12-9-6-3)65-59(62)53-50-47-44-41-38-35-32-28-26-23-20-17-14-11-8-5-2/h9,12,18,21,28-30,32,35-36,38-39,56H,4-8,10-11,13-17,19-20,22-27,31,33-34,37,40-55H2,1-3H3/b12-9-,21-18-,30-29-,32-28-,38-35-,39-36-. The third-order valence-corrected chi connectivity index (χ3v) is 11.7. The fraction of sp³-hybridized carbons (Fsp3) is 0.746. The first-order valence-corrected chi connectivity index (χ1v) is 27.5. The molecule has 1 unspecified atom stereocenters. The summed E-state index contributed by atoms with van der Waals surface area (Å²) in [6, 6.07) is 0. The van der Waals surface area contributed by atoms with Crippen molar-refractivity contribution < 1.29 is 28.6 Å². The van der Waals surface area contributed by atoms with Crippen molar-refractivity contribution in [2.45, 2.75) is 271 Å². The summed E-state index contributed by atoms with van der Waals surface area (Å²) in [6.45, 7) is 6.47. The lowest BCUT2D eigenvalue weighted by Crippen LogP contribution is -2.30. The van der Waals surface area contributed by atoms with E-state index in [1.54, 1.807) is 0 Å². The van der Waals surface area contributed by atoms with Gasteiger partial charge in [0.25, 0.3) is 0 Å². The van der Waals surface area contributed by atoms with Gasteiger partial charge in [-0.25, -0.2) is 0 Å². The van der Waals surface area contributed by atoms with Gasteiger partial charge in [0.1, 0.15) is 13.2 Å². The van der Waals surface area contributed by atoms with Crippen LogP contribution in [0, 0.1) is 0 Å². The van der Waals surface area contributed by atoms with E-state index in [1.165, 1.54) is 135 Å². The van der Waals surface area contributed by atoms with Gasteiger partial charge in [0, 0.05) is 19.3 Å². The minimum atomic E-state index is -0.806. The predicted molar refractivity (Wildman–Crippen MR) is 279 cm³/mol. The number of carbonyl (C=O) groups excluding carboxylic acids is 3. The fourth-order valence-electron chi connectivity index (χ4n) is 7.56. The minimum Gasteiger partial charge on any atom is -0.462 e. The Bertz CT molecular complexity index is 1230. The zero-order chi connectivity index (χ0) is 47.2. The molecule has 0 aliphatic rings. The second-order valence-electron chi connectivity index (χ2n) is 18.1. The van der Waals surface area contributed by atoms with Crippen molar-refractivity contribution in [3.8, 4) is 0 Å². The Hall–Kier alpha value is -3.15. The molecule has 65 heavy (non-hydrogen) atoms. The summed E-state index contributed by atoms with van der Waals surface area (Å²) in [5, 5.41) is 0. The summed E-state index contributed by atoms with van der Waals surface area (Å²) < 4.78 is 16.8. The molecule has 6 heteroatoms. The first kappa shape index (κ1) is 61.9. The van der Waals surface area contributed by atoms with Gasteiger partial charge in [0.05, 0.1) is 0 Å². The molecule has 0 aromatic heterocycles. The predicted octanol–water partition coefficient (Wildman–Crippen LogP) is 18.2. The number of allylic oxidation sites excluding steroid dienone is 12. The van der Waals surface area contributed by atoms with Crippen LogP contribution in [0.15, 0.2) is 72.9 Å². The lowest BCUT2D eigenvalue weighted by Gasteiger charge is -2.18. The highest BCUT2D eigenvalue weighted by Crippen LogP contribution is 2.14. The Kier molecular flexibility index (Phi) is 50.9. The first-order valence-electron chi connectivity index (χ1n) is 27.5. The van der Waals surface area contributed by atoms with E-state index in [-0.39, 0.29) is 37.5 Å². The van der Waals surface area contributed by atoms with E-state index < -0.39 is 6.10 Å². The smallest absolute Gasteiger partial charge is 0.306 e. The number of hydrogen-bond acceptors (Lipinski definition) is 6. The van der Waals surface area contributed by atoms with Gasteiger partial charge < -0.3 is 14.2 Å². The van der Waals surface area contributed by atoms with Gasteiger partial charge in [0.2, 0.25) is 0 Å². The Morgan fingerprint density at radius 1 is 0.338 bits per heavy atom. The van der Waals surface area contributed by atoms with Crippen LogP contribution >= 0.6 is 0 Å². The fourth-order valence-corrected chi connectivity index (χ4v) is 7.56. The molecule has 6 nitrogen and oxygen atoms in total. The van der Waals surface area contributed by atoms with Crippen LogP contribution < -0.4 is 0 Å². The van der Waals surface area contributed by atoms with Crippen molar-refractivity contribution in [3.05, 3.63) is 72.9 Å². The molecule has 0 saturated heterocycles. The van der Waals surface area contributed by atoms with Crippen LogP contribution in [0.4, 0.5) is 0 Å². The van der Waals surface area contributed by atoms with Crippen molar-refractivity contribution in [2.24, 2.45) is 0 Å². The van der Waals surface area contributed by atoms with Gasteiger partial charge in [-0.1, -0.05) is 216 Å². The topological polar surface area (TPSA) is 78.9 Å². The van der Waals surface area contributed by atoms with Gasteiger partial charge in [-0.2, -0.15) is 0 Å². The van der Waals surface area contributed by atoms with Crippen LogP contribution in [0.25, 0.3) is 0 Å². The maximum absolute atomic E-state index is 12.8. The Morgan fingerprint density at radius 2 is 0.646 bits per heavy atom. The summed E-state index contributed by atoms with van der Waals surface area (Å²) >= 11 is 0. The van der Waals surface area contributed by atoms with Crippen LogP contribution in [0.3, 0.4) is 0 Å². The molecule has 0 aromatic carbocycles. The molecule has 374 valence electrons. The maximum atomic E-state index is 12.8. The molecule has 0 radical (unpaired) electrons. The number of esters is 3. The van der Waals surface area contributed by atoms with E-state index in [2.05, 4.69) is 93.7 Å². The summed E-state index contributed by atoms with van der Waals surface area (Å²) in [5.41, 5.74) is 0. The van der Waals surface area contributed by atoms with Crippen LogP contribution in [-0.2, 0) is 28.6 Å². The molecule has 0 aliphatic carbocycles. The van der Waals surface area contributed by atoms with E-state index in [0.29, 0.717) is 12.8 Å². The molecule has 0 saturated carbocycles. The highest BCUT2D eigenvalue weighted by Gasteiger charge is 2.19. The third-order valence-electron chi connectivity index (χ3n) is 11.7. The van der Waals surface area contributed by atoms with Crippen LogP contribution in [0.2, 0.25) is 0 Å². The number of carbonyl (C=O) groups is 3. The Morgan fingerprint density at radius 3 is 1.09 bits per heavy atom. The molecule has 0 bridgehead atoms. The number of rotatable bonds is 49. The Balaban J connectivity index is 4.42. The molecule has 1 atom stereocenters. The quantitative estimate of drug-likeness (QED) is 0.0199. The lowest BCUT2D eigenvalue weighted by molar-refractivity contribution is -0.167. The second kappa shape index (κ2) is 53.5. The summed E-state index contributed by atoms with van der Waals surface area (Å²) in [6.07, 6.45) is 67.6. The average molecular weight is 907 g/mol. The zero-order valence-electron chi connectivity index (χ0n) is 42.7. The normalized spacial score (nSPS) is 12.6. The van der Waals surface area contributed by atoms with E-state index >= 15 is 0 Å². The number of ether oxygens (including phenoxy) is 3. The number of unbranched alkanes of at least 4 members (excludes halogenated alkanes) is 27. The van der Waals surface area contributed by atoms with Crippen molar-refractivity contribution in [3.63, 3.8) is 0 Å².